The maximum absolute atomic E-state index is 13.2. The van der Waals surface area contributed by atoms with E-state index in [0.29, 0.717) is 13.0 Å². The van der Waals surface area contributed by atoms with Gasteiger partial charge in [-0.25, -0.2) is 0 Å². The Bertz CT molecular complexity index is 750. The van der Waals surface area contributed by atoms with E-state index in [0.717, 1.165) is 48.6 Å². The van der Waals surface area contributed by atoms with Crippen LogP contribution in [0.2, 0.25) is 0 Å². The Morgan fingerprint density at radius 3 is 1.93 bits per heavy atom. The van der Waals surface area contributed by atoms with Crippen LogP contribution in [0.5, 0.6) is 11.5 Å². The van der Waals surface area contributed by atoms with E-state index >= 15 is 0 Å². The van der Waals surface area contributed by atoms with Gasteiger partial charge in [-0.05, 0) is 68.4 Å². The van der Waals surface area contributed by atoms with Crippen LogP contribution in [0.15, 0.2) is 48.5 Å². The van der Waals surface area contributed by atoms with Crippen molar-refractivity contribution in [3.8, 4) is 11.5 Å². The lowest BCUT2D eigenvalue weighted by Gasteiger charge is -2.37. The molecule has 0 N–H and O–H groups in total. The summed E-state index contributed by atoms with van der Waals surface area (Å²) in [7, 11) is 5.46. The zero-order valence-electron chi connectivity index (χ0n) is 17.1. The lowest BCUT2D eigenvalue weighted by atomic mass is 10.0. The molecular weight excluding hydrogens is 352 g/mol. The van der Waals surface area contributed by atoms with Crippen molar-refractivity contribution in [2.45, 2.75) is 31.8 Å². The van der Waals surface area contributed by atoms with Gasteiger partial charge in [-0.2, -0.15) is 0 Å². The number of ether oxygens (including phenoxy) is 2. The van der Waals surface area contributed by atoms with Gasteiger partial charge in [0, 0.05) is 12.6 Å². The van der Waals surface area contributed by atoms with Crippen molar-refractivity contribution in [3.63, 3.8) is 0 Å². The fraction of sp³-hybridized carbons (Fsp3) is 0.435. The molecule has 5 nitrogen and oxygen atoms in total. The molecule has 0 saturated carbocycles. The normalized spacial score (nSPS) is 15.2. The van der Waals surface area contributed by atoms with Gasteiger partial charge >= 0.3 is 0 Å². The molecule has 1 heterocycles. The van der Waals surface area contributed by atoms with Crippen LogP contribution in [0, 0.1) is 0 Å². The van der Waals surface area contributed by atoms with E-state index in [1.165, 1.54) is 0 Å². The molecule has 1 aliphatic heterocycles. The van der Waals surface area contributed by atoms with Crippen molar-refractivity contribution in [1.82, 2.24) is 9.80 Å². The number of piperidine rings is 1. The quantitative estimate of drug-likeness (QED) is 0.736. The van der Waals surface area contributed by atoms with E-state index in [4.69, 9.17) is 9.47 Å². The van der Waals surface area contributed by atoms with Gasteiger partial charge in [0.05, 0.1) is 20.6 Å². The summed E-state index contributed by atoms with van der Waals surface area (Å²) < 4.78 is 10.5. The van der Waals surface area contributed by atoms with Gasteiger partial charge in [-0.15, -0.1) is 0 Å². The summed E-state index contributed by atoms with van der Waals surface area (Å²) in [4.78, 5) is 17.6. The first-order valence-corrected chi connectivity index (χ1v) is 9.83. The van der Waals surface area contributed by atoms with E-state index in [2.05, 4.69) is 16.8 Å². The average molecular weight is 383 g/mol. The number of hydrogen-bond donors (Lipinski definition) is 0. The van der Waals surface area contributed by atoms with Crippen molar-refractivity contribution in [2.75, 3.05) is 34.4 Å². The number of hydrogen-bond acceptors (Lipinski definition) is 4. The third-order valence-corrected chi connectivity index (χ3v) is 5.48. The summed E-state index contributed by atoms with van der Waals surface area (Å²) in [5.74, 6) is 1.82. The molecule has 150 valence electrons. The van der Waals surface area contributed by atoms with Gasteiger partial charge in [0.15, 0.2) is 0 Å². The Hall–Kier alpha value is -2.53. The molecular formula is C23H30N2O3. The van der Waals surface area contributed by atoms with E-state index in [-0.39, 0.29) is 11.9 Å². The van der Waals surface area contributed by atoms with Crippen LogP contribution in [0.4, 0.5) is 0 Å². The standard InChI is InChI=1S/C23H30N2O3/c1-24-14-12-20(13-15-24)25(17-19-6-10-22(28-3)11-7-19)23(26)16-18-4-8-21(27-2)9-5-18/h4-11,20H,12-17H2,1-3H3. The van der Waals surface area contributed by atoms with Crippen LogP contribution in [0.25, 0.3) is 0 Å². The third-order valence-electron chi connectivity index (χ3n) is 5.48. The highest BCUT2D eigenvalue weighted by Crippen LogP contribution is 2.22. The zero-order valence-corrected chi connectivity index (χ0v) is 17.1. The molecule has 28 heavy (non-hydrogen) atoms. The molecule has 0 bridgehead atoms. The predicted octanol–water partition coefficient (Wildman–Crippen LogP) is 3.37. The second kappa shape index (κ2) is 9.60. The summed E-state index contributed by atoms with van der Waals surface area (Å²) >= 11 is 0. The van der Waals surface area contributed by atoms with Gasteiger partial charge < -0.3 is 19.3 Å². The molecule has 5 heteroatoms. The van der Waals surface area contributed by atoms with Crippen molar-refractivity contribution in [2.24, 2.45) is 0 Å². The van der Waals surface area contributed by atoms with Crippen molar-refractivity contribution in [3.05, 3.63) is 59.7 Å². The Kier molecular flexibility index (Phi) is 6.93. The van der Waals surface area contributed by atoms with E-state index in [1.54, 1.807) is 14.2 Å². The van der Waals surface area contributed by atoms with E-state index in [1.807, 2.05) is 48.5 Å². The molecule has 1 amide bonds. The fourth-order valence-electron chi connectivity index (χ4n) is 3.67. The van der Waals surface area contributed by atoms with Gasteiger partial charge in [0.1, 0.15) is 11.5 Å². The lowest BCUT2D eigenvalue weighted by molar-refractivity contribution is -0.134. The molecule has 0 spiro atoms. The minimum atomic E-state index is 0.176. The topological polar surface area (TPSA) is 42.0 Å². The number of rotatable bonds is 7. The van der Waals surface area contributed by atoms with Crippen LogP contribution in [0.1, 0.15) is 24.0 Å². The Labute approximate surface area is 167 Å². The molecule has 0 aromatic heterocycles. The van der Waals surface area contributed by atoms with E-state index in [9.17, 15) is 4.79 Å². The van der Waals surface area contributed by atoms with Gasteiger partial charge in [-0.3, -0.25) is 4.79 Å². The van der Waals surface area contributed by atoms with Crippen LogP contribution in [-0.4, -0.2) is 56.1 Å². The Morgan fingerprint density at radius 1 is 0.929 bits per heavy atom. The molecule has 2 aromatic carbocycles. The number of likely N-dealkylation sites (tertiary alicyclic amines) is 1. The maximum Gasteiger partial charge on any atom is 0.227 e. The fourth-order valence-corrected chi connectivity index (χ4v) is 3.67. The number of nitrogens with zero attached hydrogens (tertiary/aromatic N) is 2. The highest BCUT2D eigenvalue weighted by Gasteiger charge is 2.27. The Balaban J connectivity index is 1.74. The predicted molar refractivity (Wildman–Crippen MR) is 111 cm³/mol. The van der Waals surface area contributed by atoms with E-state index < -0.39 is 0 Å². The van der Waals surface area contributed by atoms with Crippen LogP contribution >= 0.6 is 0 Å². The summed E-state index contributed by atoms with van der Waals surface area (Å²) in [5, 5.41) is 0. The number of methoxy groups -OCH3 is 2. The number of carbonyl (C=O) groups is 1. The molecule has 3 rings (SSSR count). The third kappa shape index (κ3) is 5.26. The van der Waals surface area contributed by atoms with Crippen molar-refractivity contribution < 1.29 is 14.3 Å². The van der Waals surface area contributed by atoms with Gasteiger partial charge in [-0.1, -0.05) is 24.3 Å². The lowest BCUT2D eigenvalue weighted by Crippen LogP contribution is -2.46. The average Bonchev–Trinajstić information content (AvgIpc) is 2.73. The number of benzene rings is 2. The highest BCUT2D eigenvalue weighted by atomic mass is 16.5. The van der Waals surface area contributed by atoms with Crippen LogP contribution < -0.4 is 9.47 Å². The molecule has 1 aliphatic rings. The summed E-state index contributed by atoms with van der Waals surface area (Å²) in [5.41, 5.74) is 2.14. The summed E-state index contributed by atoms with van der Waals surface area (Å²) in [6.45, 7) is 2.69. The number of carbonyl (C=O) groups excluding carboxylic acids is 1. The molecule has 0 atom stereocenters. The van der Waals surface area contributed by atoms with Gasteiger partial charge in [0.2, 0.25) is 5.91 Å². The minimum Gasteiger partial charge on any atom is -0.497 e. The first-order chi connectivity index (χ1) is 13.6. The van der Waals surface area contributed by atoms with Crippen LogP contribution in [-0.2, 0) is 17.8 Å². The van der Waals surface area contributed by atoms with Crippen molar-refractivity contribution in [1.29, 1.82) is 0 Å². The second-order valence-corrected chi connectivity index (χ2v) is 7.43. The zero-order chi connectivity index (χ0) is 19.9. The SMILES string of the molecule is COc1ccc(CC(=O)N(Cc2ccc(OC)cc2)C2CCN(C)CC2)cc1. The summed E-state index contributed by atoms with van der Waals surface area (Å²) in [6, 6.07) is 16.0. The maximum atomic E-state index is 13.2. The molecule has 1 saturated heterocycles. The minimum absolute atomic E-state index is 0.176. The van der Waals surface area contributed by atoms with Crippen LogP contribution in [0.3, 0.4) is 0 Å². The molecule has 0 aliphatic carbocycles. The second-order valence-electron chi connectivity index (χ2n) is 7.43. The highest BCUT2D eigenvalue weighted by molar-refractivity contribution is 5.79. The monoisotopic (exact) mass is 382 g/mol. The molecule has 2 aromatic rings. The smallest absolute Gasteiger partial charge is 0.227 e. The first-order valence-electron chi connectivity index (χ1n) is 9.83. The molecule has 1 fully saturated rings. The first kappa shape index (κ1) is 20.2. The Morgan fingerprint density at radius 2 is 1.43 bits per heavy atom. The molecule has 0 radical (unpaired) electrons. The van der Waals surface area contributed by atoms with Gasteiger partial charge in [0.25, 0.3) is 0 Å². The largest absolute Gasteiger partial charge is 0.497 e. The number of amides is 1. The molecule has 0 unspecified atom stereocenters. The summed E-state index contributed by atoms with van der Waals surface area (Å²) in [6.07, 6.45) is 2.44. The van der Waals surface area contributed by atoms with Crippen molar-refractivity contribution >= 4 is 5.91 Å².